The number of carbonyl (C=O) groups excluding carboxylic acids is 2. The molecule has 0 aromatic carbocycles. The third kappa shape index (κ3) is 4.67. The maximum atomic E-state index is 12.3. The lowest BCUT2D eigenvalue weighted by molar-refractivity contribution is 0.0793. The van der Waals surface area contributed by atoms with Gasteiger partial charge in [0, 0.05) is 26.0 Å². The van der Waals surface area contributed by atoms with E-state index in [-0.39, 0.29) is 11.8 Å². The summed E-state index contributed by atoms with van der Waals surface area (Å²) >= 11 is 0. The molecule has 2 amide bonds. The Morgan fingerprint density at radius 1 is 1.30 bits per heavy atom. The van der Waals surface area contributed by atoms with Crippen molar-refractivity contribution in [1.29, 1.82) is 0 Å². The molecule has 0 radical (unpaired) electrons. The van der Waals surface area contributed by atoms with Crippen LogP contribution < -0.4 is 5.32 Å². The highest BCUT2D eigenvalue weighted by Gasteiger charge is 2.14. The molecule has 23 heavy (non-hydrogen) atoms. The zero-order valence-corrected chi connectivity index (χ0v) is 13.4. The van der Waals surface area contributed by atoms with Crippen LogP contribution in [0, 0.1) is 0 Å². The van der Waals surface area contributed by atoms with Crippen molar-refractivity contribution >= 4 is 11.8 Å². The molecule has 0 spiro atoms. The van der Waals surface area contributed by atoms with Crippen LogP contribution in [-0.2, 0) is 6.54 Å². The summed E-state index contributed by atoms with van der Waals surface area (Å²) in [6.07, 6.45) is 6.44. The molecule has 0 saturated carbocycles. The van der Waals surface area contributed by atoms with Crippen molar-refractivity contribution in [2.24, 2.45) is 0 Å². The highest BCUT2D eigenvalue weighted by atomic mass is 16.3. The van der Waals surface area contributed by atoms with E-state index in [1.165, 1.54) is 12.4 Å². The first-order valence-corrected chi connectivity index (χ1v) is 7.63. The van der Waals surface area contributed by atoms with Crippen LogP contribution in [0.4, 0.5) is 0 Å². The van der Waals surface area contributed by atoms with E-state index < -0.39 is 0 Å². The predicted molar refractivity (Wildman–Crippen MR) is 86.0 cm³/mol. The van der Waals surface area contributed by atoms with Crippen LogP contribution in [0.15, 0.2) is 41.3 Å². The molecule has 6 nitrogen and oxygen atoms in total. The maximum Gasteiger partial charge on any atom is 0.255 e. The fourth-order valence-electron chi connectivity index (χ4n) is 2.08. The molecule has 1 N–H and O–H groups in total. The highest BCUT2D eigenvalue weighted by molar-refractivity contribution is 5.99. The molecule has 2 rings (SSSR count). The molecule has 2 heterocycles. The fraction of sp³-hybridized carbons (Fsp3) is 0.353. The molecule has 0 aliphatic rings. The van der Waals surface area contributed by atoms with Gasteiger partial charge in [0.15, 0.2) is 0 Å². The minimum Gasteiger partial charge on any atom is -0.467 e. The van der Waals surface area contributed by atoms with Gasteiger partial charge in [-0.25, -0.2) is 0 Å². The Hall–Kier alpha value is -2.63. The summed E-state index contributed by atoms with van der Waals surface area (Å²) in [5, 5.41) is 2.73. The molecule has 0 aliphatic heterocycles. The summed E-state index contributed by atoms with van der Waals surface area (Å²) in [5.74, 6) is 0.240. The fourth-order valence-corrected chi connectivity index (χ4v) is 2.08. The first-order valence-electron chi connectivity index (χ1n) is 7.63. The average molecular weight is 315 g/mol. The Kier molecular flexibility index (Phi) is 5.91. The number of furan rings is 1. The van der Waals surface area contributed by atoms with Crippen LogP contribution in [0.5, 0.6) is 0 Å². The van der Waals surface area contributed by atoms with Crippen LogP contribution >= 0.6 is 0 Å². The van der Waals surface area contributed by atoms with Crippen LogP contribution in [0.25, 0.3) is 0 Å². The van der Waals surface area contributed by atoms with Gasteiger partial charge in [0.25, 0.3) is 11.8 Å². The summed E-state index contributed by atoms with van der Waals surface area (Å²) in [6, 6.07) is 5.10. The van der Waals surface area contributed by atoms with E-state index >= 15 is 0 Å². The summed E-state index contributed by atoms with van der Waals surface area (Å²) in [5.41, 5.74) is 0.764. The minimum absolute atomic E-state index is 0.133. The van der Waals surface area contributed by atoms with E-state index in [2.05, 4.69) is 17.2 Å². The Morgan fingerprint density at radius 3 is 2.78 bits per heavy atom. The molecular weight excluding hydrogens is 294 g/mol. The Labute approximate surface area is 135 Å². The molecule has 0 fully saturated rings. The number of hydrogen-bond donors (Lipinski definition) is 1. The molecule has 0 saturated heterocycles. The summed E-state index contributed by atoms with van der Waals surface area (Å²) < 4.78 is 5.16. The topological polar surface area (TPSA) is 75.4 Å². The molecule has 0 atom stereocenters. The lowest BCUT2D eigenvalue weighted by atomic mass is 10.1. The second kappa shape index (κ2) is 8.12. The molecule has 2 aromatic rings. The van der Waals surface area contributed by atoms with Crippen LogP contribution in [0.3, 0.4) is 0 Å². The molecule has 0 unspecified atom stereocenters. The van der Waals surface area contributed by atoms with Crippen molar-refractivity contribution in [2.45, 2.75) is 26.3 Å². The maximum absolute atomic E-state index is 12.3. The molecular formula is C17H21N3O3. The van der Waals surface area contributed by atoms with Gasteiger partial charge in [-0.1, -0.05) is 13.3 Å². The number of pyridine rings is 1. The number of unbranched alkanes of at least 4 members (excludes halogenated alkanes) is 1. The number of hydrogen-bond acceptors (Lipinski definition) is 4. The smallest absolute Gasteiger partial charge is 0.255 e. The van der Waals surface area contributed by atoms with Gasteiger partial charge in [0.1, 0.15) is 5.76 Å². The Bertz CT molecular complexity index is 653. The third-order valence-corrected chi connectivity index (χ3v) is 3.44. The van der Waals surface area contributed by atoms with Gasteiger partial charge in [-0.05, 0) is 24.6 Å². The van der Waals surface area contributed by atoms with Crippen molar-refractivity contribution in [3.63, 3.8) is 0 Å². The first-order chi connectivity index (χ1) is 11.1. The molecule has 0 bridgehead atoms. The zero-order chi connectivity index (χ0) is 16.7. The molecule has 122 valence electrons. The number of aromatic nitrogens is 1. The van der Waals surface area contributed by atoms with Crippen molar-refractivity contribution < 1.29 is 14.0 Å². The Balaban J connectivity index is 2.00. The van der Waals surface area contributed by atoms with E-state index in [1.54, 1.807) is 36.4 Å². The zero-order valence-electron chi connectivity index (χ0n) is 13.4. The van der Waals surface area contributed by atoms with E-state index in [1.807, 2.05) is 0 Å². The number of carbonyl (C=O) groups is 2. The van der Waals surface area contributed by atoms with E-state index in [4.69, 9.17) is 4.42 Å². The highest BCUT2D eigenvalue weighted by Crippen LogP contribution is 2.08. The van der Waals surface area contributed by atoms with E-state index in [0.29, 0.717) is 30.0 Å². The number of nitrogens with one attached hydrogen (secondary N) is 1. The third-order valence-electron chi connectivity index (χ3n) is 3.44. The first kappa shape index (κ1) is 16.7. The van der Waals surface area contributed by atoms with Gasteiger partial charge in [0.2, 0.25) is 0 Å². The van der Waals surface area contributed by atoms with Crippen molar-refractivity contribution in [2.75, 3.05) is 13.6 Å². The van der Waals surface area contributed by atoms with Crippen molar-refractivity contribution in [3.05, 3.63) is 53.7 Å². The van der Waals surface area contributed by atoms with Gasteiger partial charge in [-0.3, -0.25) is 14.6 Å². The lowest BCUT2D eigenvalue weighted by Crippen LogP contribution is -2.28. The van der Waals surface area contributed by atoms with Crippen LogP contribution in [0.1, 0.15) is 46.2 Å². The number of nitrogens with zero attached hydrogens (tertiary/aromatic N) is 2. The van der Waals surface area contributed by atoms with Gasteiger partial charge in [0.05, 0.1) is 23.9 Å². The van der Waals surface area contributed by atoms with E-state index in [9.17, 15) is 9.59 Å². The SMILES string of the molecule is CCCCN(C)C(=O)c1cncc(C(=O)NCc2ccco2)c1. The second-order valence-electron chi connectivity index (χ2n) is 5.30. The minimum atomic E-state index is -0.292. The molecule has 6 heteroatoms. The normalized spacial score (nSPS) is 10.3. The van der Waals surface area contributed by atoms with Gasteiger partial charge in [-0.2, -0.15) is 0 Å². The summed E-state index contributed by atoms with van der Waals surface area (Å²) in [4.78, 5) is 30.1. The van der Waals surface area contributed by atoms with E-state index in [0.717, 1.165) is 12.8 Å². The standard InChI is InChI=1S/C17H21N3O3/c1-3-4-7-20(2)17(22)14-9-13(10-18-11-14)16(21)19-12-15-6-5-8-23-15/h5-6,8-11H,3-4,7,12H2,1-2H3,(H,19,21). The quantitative estimate of drug-likeness (QED) is 0.851. The lowest BCUT2D eigenvalue weighted by Gasteiger charge is -2.16. The second-order valence-corrected chi connectivity index (χ2v) is 5.30. The van der Waals surface area contributed by atoms with Crippen molar-refractivity contribution in [1.82, 2.24) is 15.2 Å². The van der Waals surface area contributed by atoms with Crippen LogP contribution in [-0.4, -0.2) is 35.3 Å². The molecule has 2 aromatic heterocycles. The van der Waals surface area contributed by atoms with Gasteiger partial charge >= 0.3 is 0 Å². The van der Waals surface area contributed by atoms with Crippen molar-refractivity contribution in [3.8, 4) is 0 Å². The Morgan fingerprint density at radius 2 is 2.09 bits per heavy atom. The predicted octanol–water partition coefficient (Wildman–Crippen LogP) is 2.48. The summed E-state index contributed by atoms with van der Waals surface area (Å²) in [7, 11) is 1.75. The van der Waals surface area contributed by atoms with Gasteiger partial charge < -0.3 is 14.6 Å². The average Bonchev–Trinajstić information content (AvgIpc) is 3.10. The molecule has 0 aliphatic carbocycles. The number of rotatable bonds is 7. The largest absolute Gasteiger partial charge is 0.467 e. The van der Waals surface area contributed by atoms with Gasteiger partial charge in [-0.15, -0.1) is 0 Å². The van der Waals surface area contributed by atoms with Crippen LogP contribution in [0.2, 0.25) is 0 Å². The summed E-state index contributed by atoms with van der Waals surface area (Å²) in [6.45, 7) is 3.05. The number of amides is 2. The monoisotopic (exact) mass is 315 g/mol.